The number of amides is 1. The van der Waals surface area contributed by atoms with Gasteiger partial charge in [-0.2, -0.15) is 4.98 Å². The molecule has 0 fully saturated rings. The van der Waals surface area contributed by atoms with E-state index in [0.717, 1.165) is 11.1 Å². The fraction of sp³-hybridized carbons (Fsp3) is 0.273. The SMILES string of the molecule is O=C(O)CCCC(=O)Nc1nc2n(n1)[C@@H](c1ccc(F)cc1)C[C@H](c1ccccc1)N2. The molecule has 1 aliphatic heterocycles. The summed E-state index contributed by atoms with van der Waals surface area (Å²) in [5, 5.41) is 19.1. The second-order valence-electron chi connectivity index (χ2n) is 7.41. The first-order valence-electron chi connectivity index (χ1n) is 10.0. The topological polar surface area (TPSA) is 109 Å². The molecule has 1 amide bonds. The summed E-state index contributed by atoms with van der Waals surface area (Å²) in [6.07, 6.45) is 0.893. The van der Waals surface area contributed by atoms with Gasteiger partial charge < -0.3 is 10.4 Å². The number of benzene rings is 2. The van der Waals surface area contributed by atoms with E-state index in [-0.39, 0.29) is 49.0 Å². The van der Waals surface area contributed by atoms with E-state index in [0.29, 0.717) is 12.4 Å². The predicted octanol–water partition coefficient (Wildman–Crippen LogP) is 3.76. The average Bonchev–Trinajstić information content (AvgIpc) is 3.16. The van der Waals surface area contributed by atoms with Crippen molar-refractivity contribution >= 4 is 23.8 Å². The lowest BCUT2D eigenvalue weighted by Crippen LogP contribution is -2.28. The first-order chi connectivity index (χ1) is 15.0. The van der Waals surface area contributed by atoms with Gasteiger partial charge in [-0.25, -0.2) is 9.07 Å². The second-order valence-corrected chi connectivity index (χ2v) is 7.41. The number of carbonyl (C=O) groups is 2. The molecule has 160 valence electrons. The Labute approximate surface area is 178 Å². The van der Waals surface area contributed by atoms with Crippen LogP contribution in [0.1, 0.15) is 48.9 Å². The number of hydrogen-bond acceptors (Lipinski definition) is 5. The van der Waals surface area contributed by atoms with E-state index in [4.69, 9.17) is 5.11 Å². The summed E-state index contributed by atoms with van der Waals surface area (Å²) in [5.74, 6) is -0.965. The summed E-state index contributed by atoms with van der Waals surface area (Å²) in [6.45, 7) is 0. The maximum Gasteiger partial charge on any atom is 0.303 e. The van der Waals surface area contributed by atoms with E-state index in [9.17, 15) is 14.0 Å². The number of nitrogens with zero attached hydrogens (tertiary/aromatic N) is 3. The lowest BCUT2D eigenvalue weighted by Gasteiger charge is -2.31. The van der Waals surface area contributed by atoms with Crippen molar-refractivity contribution in [2.75, 3.05) is 10.6 Å². The van der Waals surface area contributed by atoms with Gasteiger partial charge in [0.1, 0.15) is 5.82 Å². The van der Waals surface area contributed by atoms with Crippen LogP contribution in [0.4, 0.5) is 16.3 Å². The van der Waals surface area contributed by atoms with Gasteiger partial charge in [0.05, 0.1) is 12.1 Å². The first kappa shape index (κ1) is 20.5. The Morgan fingerprint density at radius 3 is 2.55 bits per heavy atom. The minimum Gasteiger partial charge on any atom is -0.481 e. The minimum absolute atomic E-state index is 0.0351. The number of hydrogen-bond donors (Lipinski definition) is 3. The van der Waals surface area contributed by atoms with Crippen molar-refractivity contribution < 1.29 is 19.1 Å². The molecule has 0 saturated carbocycles. The molecule has 1 aromatic heterocycles. The van der Waals surface area contributed by atoms with Gasteiger partial charge in [-0.1, -0.05) is 42.5 Å². The highest BCUT2D eigenvalue weighted by atomic mass is 19.1. The molecule has 0 aliphatic carbocycles. The lowest BCUT2D eigenvalue weighted by atomic mass is 9.93. The molecule has 9 heteroatoms. The molecule has 3 aromatic rings. The molecule has 8 nitrogen and oxygen atoms in total. The van der Waals surface area contributed by atoms with Crippen LogP contribution in [0, 0.1) is 5.82 Å². The van der Waals surface area contributed by atoms with Crippen LogP contribution in [-0.2, 0) is 9.59 Å². The number of carboxylic acid groups (broad SMARTS) is 1. The Morgan fingerprint density at radius 2 is 1.84 bits per heavy atom. The van der Waals surface area contributed by atoms with Gasteiger partial charge in [-0.15, -0.1) is 5.10 Å². The highest BCUT2D eigenvalue weighted by Crippen LogP contribution is 2.38. The second kappa shape index (κ2) is 8.95. The van der Waals surface area contributed by atoms with Crippen LogP contribution >= 0.6 is 0 Å². The van der Waals surface area contributed by atoms with Crippen molar-refractivity contribution in [1.29, 1.82) is 0 Å². The third kappa shape index (κ3) is 4.88. The molecule has 0 radical (unpaired) electrons. The van der Waals surface area contributed by atoms with Crippen LogP contribution in [0.25, 0.3) is 0 Å². The van der Waals surface area contributed by atoms with Crippen LogP contribution < -0.4 is 10.6 Å². The van der Waals surface area contributed by atoms with E-state index in [1.807, 2.05) is 30.3 Å². The third-order valence-electron chi connectivity index (χ3n) is 5.19. The number of aliphatic carboxylic acids is 1. The molecular weight excluding hydrogens is 401 g/mol. The Morgan fingerprint density at radius 1 is 1.10 bits per heavy atom. The lowest BCUT2D eigenvalue weighted by molar-refractivity contribution is -0.137. The zero-order valence-electron chi connectivity index (χ0n) is 16.7. The molecule has 3 N–H and O–H groups in total. The number of halogens is 1. The Bertz CT molecular complexity index is 1070. The molecule has 0 spiro atoms. The number of carboxylic acids is 1. The van der Waals surface area contributed by atoms with Crippen LogP contribution in [-0.4, -0.2) is 31.7 Å². The molecule has 1 aliphatic rings. The fourth-order valence-electron chi connectivity index (χ4n) is 3.68. The highest BCUT2D eigenvalue weighted by Gasteiger charge is 2.31. The number of aromatic nitrogens is 3. The third-order valence-corrected chi connectivity index (χ3v) is 5.19. The van der Waals surface area contributed by atoms with Crippen LogP contribution in [0.2, 0.25) is 0 Å². The Kier molecular flexibility index (Phi) is 5.92. The zero-order chi connectivity index (χ0) is 21.8. The van der Waals surface area contributed by atoms with E-state index in [2.05, 4.69) is 20.7 Å². The monoisotopic (exact) mass is 423 g/mol. The number of nitrogens with one attached hydrogen (secondary N) is 2. The van der Waals surface area contributed by atoms with E-state index >= 15 is 0 Å². The summed E-state index contributed by atoms with van der Waals surface area (Å²) < 4.78 is 15.2. The van der Waals surface area contributed by atoms with Crippen molar-refractivity contribution in [2.45, 2.75) is 37.8 Å². The molecule has 0 saturated heterocycles. The van der Waals surface area contributed by atoms with Crippen LogP contribution in [0.5, 0.6) is 0 Å². The van der Waals surface area contributed by atoms with E-state index in [1.54, 1.807) is 16.8 Å². The Balaban J connectivity index is 1.59. The largest absolute Gasteiger partial charge is 0.481 e. The highest BCUT2D eigenvalue weighted by molar-refractivity contribution is 5.89. The number of rotatable bonds is 7. The first-order valence-corrected chi connectivity index (χ1v) is 10.0. The summed E-state index contributed by atoms with van der Waals surface area (Å²) in [4.78, 5) is 27.2. The average molecular weight is 423 g/mol. The smallest absolute Gasteiger partial charge is 0.303 e. The summed E-state index contributed by atoms with van der Waals surface area (Å²) in [7, 11) is 0. The van der Waals surface area contributed by atoms with Crippen molar-refractivity contribution in [3.63, 3.8) is 0 Å². The molecule has 2 heterocycles. The van der Waals surface area contributed by atoms with Gasteiger partial charge in [0, 0.05) is 12.8 Å². The molecule has 0 unspecified atom stereocenters. The standard InChI is InChI=1S/C22H22FN5O3/c23-16-11-9-15(10-12-16)18-13-17(14-5-2-1-3-6-14)24-22-26-21(27-28(18)22)25-19(29)7-4-8-20(30)31/h1-3,5-6,9-12,17-18H,4,7-8,13H2,(H,30,31)(H2,24,25,26,27,29)/t17-,18-/m1/s1. The van der Waals surface area contributed by atoms with E-state index < -0.39 is 5.97 Å². The van der Waals surface area contributed by atoms with Crippen molar-refractivity contribution in [3.8, 4) is 0 Å². The molecule has 4 rings (SSSR count). The molecule has 2 aromatic carbocycles. The maximum atomic E-state index is 13.5. The normalized spacial score (nSPS) is 17.5. The van der Waals surface area contributed by atoms with Crippen LogP contribution in [0.15, 0.2) is 54.6 Å². The van der Waals surface area contributed by atoms with Crippen molar-refractivity contribution in [3.05, 3.63) is 71.5 Å². The number of anilines is 2. The van der Waals surface area contributed by atoms with Gasteiger partial charge in [0.15, 0.2) is 0 Å². The van der Waals surface area contributed by atoms with Crippen molar-refractivity contribution in [2.24, 2.45) is 0 Å². The molecule has 31 heavy (non-hydrogen) atoms. The quantitative estimate of drug-likeness (QED) is 0.534. The Hall–Kier alpha value is -3.75. The summed E-state index contributed by atoms with van der Waals surface area (Å²) in [6, 6.07) is 16.0. The zero-order valence-corrected chi connectivity index (χ0v) is 16.7. The minimum atomic E-state index is -0.943. The van der Waals surface area contributed by atoms with Gasteiger partial charge in [-0.05, 0) is 36.1 Å². The number of carbonyl (C=O) groups excluding carboxylic acids is 1. The van der Waals surface area contributed by atoms with Gasteiger partial charge in [-0.3, -0.25) is 14.9 Å². The summed E-state index contributed by atoms with van der Waals surface area (Å²) in [5.41, 5.74) is 1.97. The van der Waals surface area contributed by atoms with Gasteiger partial charge >= 0.3 is 5.97 Å². The van der Waals surface area contributed by atoms with Gasteiger partial charge in [0.2, 0.25) is 11.9 Å². The summed E-state index contributed by atoms with van der Waals surface area (Å²) >= 11 is 0. The van der Waals surface area contributed by atoms with Crippen LogP contribution in [0.3, 0.4) is 0 Å². The maximum absolute atomic E-state index is 13.5. The van der Waals surface area contributed by atoms with Crippen molar-refractivity contribution in [1.82, 2.24) is 14.8 Å². The van der Waals surface area contributed by atoms with Gasteiger partial charge in [0.25, 0.3) is 5.95 Å². The fourth-order valence-corrected chi connectivity index (χ4v) is 3.68. The molecular formula is C22H22FN5O3. The molecule has 2 atom stereocenters. The van der Waals surface area contributed by atoms with E-state index in [1.165, 1.54) is 12.1 Å². The predicted molar refractivity (Wildman–Crippen MR) is 112 cm³/mol. The number of fused-ring (bicyclic) bond motifs is 1. The molecule has 0 bridgehead atoms.